The maximum atomic E-state index is 12.6. The minimum atomic E-state index is -5.08. The van der Waals surface area contributed by atoms with Gasteiger partial charge in [-0.3, -0.25) is 9.69 Å². The van der Waals surface area contributed by atoms with Crippen LogP contribution < -0.4 is 5.32 Å². The lowest BCUT2D eigenvalue weighted by Crippen LogP contribution is -2.37. The lowest BCUT2D eigenvalue weighted by atomic mass is 9.73. The third-order valence-electron chi connectivity index (χ3n) is 5.21. The lowest BCUT2D eigenvalue weighted by Gasteiger charge is -2.27. The van der Waals surface area contributed by atoms with Crippen molar-refractivity contribution in [3.63, 3.8) is 0 Å². The Bertz CT molecular complexity index is 845. The smallest absolute Gasteiger partial charge is 0.475 e. The second kappa shape index (κ2) is 8.50. The van der Waals surface area contributed by atoms with E-state index < -0.39 is 12.1 Å². The van der Waals surface area contributed by atoms with Crippen LogP contribution in [0.2, 0.25) is 0 Å². The normalized spacial score (nSPS) is 24.2. The van der Waals surface area contributed by atoms with Gasteiger partial charge < -0.3 is 10.4 Å². The number of thiazole rings is 1. The molecule has 0 radical (unpaired) electrons. The molecule has 2 aliphatic heterocycles. The number of nitrogens with zero attached hydrogens (tertiary/aromatic N) is 2. The van der Waals surface area contributed by atoms with E-state index in [1.54, 1.807) is 11.3 Å². The van der Waals surface area contributed by atoms with Gasteiger partial charge in [0, 0.05) is 37.1 Å². The summed E-state index contributed by atoms with van der Waals surface area (Å²) in [6, 6.07) is 10.5. The summed E-state index contributed by atoms with van der Waals surface area (Å²) in [5, 5.41) is 13.3. The first-order valence-electron chi connectivity index (χ1n) is 8.96. The number of aromatic nitrogens is 1. The summed E-state index contributed by atoms with van der Waals surface area (Å²) in [5.74, 6) is -2.26. The fourth-order valence-electron chi connectivity index (χ4n) is 3.93. The van der Waals surface area contributed by atoms with Crippen molar-refractivity contribution in [3.8, 4) is 0 Å². The van der Waals surface area contributed by atoms with E-state index in [-0.39, 0.29) is 17.2 Å². The molecule has 2 aliphatic rings. The minimum Gasteiger partial charge on any atom is -0.475 e. The van der Waals surface area contributed by atoms with Gasteiger partial charge in [-0.1, -0.05) is 30.3 Å². The van der Waals surface area contributed by atoms with Crippen molar-refractivity contribution in [1.82, 2.24) is 15.2 Å². The molecule has 2 saturated heterocycles. The topological polar surface area (TPSA) is 82.5 Å². The highest BCUT2D eigenvalue weighted by atomic mass is 32.1. The van der Waals surface area contributed by atoms with Crippen molar-refractivity contribution >= 4 is 23.2 Å². The fourth-order valence-corrected chi connectivity index (χ4v) is 4.59. The number of aliphatic carboxylic acids is 1. The van der Waals surface area contributed by atoms with Crippen molar-refractivity contribution in [2.45, 2.75) is 25.1 Å². The van der Waals surface area contributed by atoms with Crippen LogP contribution in [0.4, 0.5) is 13.2 Å². The maximum absolute atomic E-state index is 12.6. The Morgan fingerprint density at radius 2 is 2.03 bits per heavy atom. The molecule has 156 valence electrons. The summed E-state index contributed by atoms with van der Waals surface area (Å²) in [6.45, 7) is 3.40. The quantitative estimate of drug-likeness (QED) is 0.787. The van der Waals surface area contributed by atoms with Gasteiger partial charge in [0.15, 0.2) is 0 Å². The molecule has 29 heavy (non-hydrogen) atoms. The average molecular weight is 427 g/mol. The van der Waals surface area contributed by atoms with Crippen LogP contribution >= 0.6 is 11.3 Å². The Morgan fingerprint density at radius 1 is 1.34 bits per heavy atom. The Hall–Kier alpha value is -2.46. The van der Waals surface area contributed by atoms with Crippen molar-refractivity contribution in [2.75, 3.05) is 19.6 Å². The number of carbonyl (C=O) groups is 2. The molecule has 1 aromatic heterocycles. The lowest BCUT2D eigenvalue weighted by molar-refractivity contribution is -0.192. The number of hydrogen-bond donors (Lipinski definition) is 2. The molecule has 0 bridgehead atoms. The largest absolute Gasteiger partial charge is 0.490 e. The summed E-state index contributed by atoms with van der Waals surface area (Å²) >= 11 is 1.69. The second-order valence-electron chi connectivity index (χ2n) is 7.02. The first kappa shape index (κ1) is 21.3. The number of carboxylic acids is 1. The number of carbonyl (C=O) groups excluding carboxylic acids is 1. The zero-order valence-electron chi connectivity index (χ0n) is 15.4. The number of alkyl halides is 3. The van der Waals surface area contributed by atoms with Gasteiger partial charge in [0.05, 0.1) is 12.0 Å². The Kier molecular flexibility index (Phi) is 6.23. The number of rotatable bonds is 3. The number of hydrogen-bond acceptors (Lipinski definition) is 5. The monoisotopic (exact) mass is 427 g/mol. The van der Waals surface area contributed by atoms with E-state index in [2.05, 4.69) is 39.5 Å². The fraction of sp³-hybridized carbons (Fsp3) is 0.421. The molecule has 1 spiro atoms. The Balaban J connectivity index is 0.000000298. The molecule has 3 heterocycles. The van der Waals surface area contributed by atoms with E-state index in [9.17, 15) is 18.0 Å². The molecule has 0 saturated carbocycles. The van der Waals surface area contributed by atoms with Gasteiger partial charge >= 0.3 is 12.1 Å². The minimum absolute atomic E-state index is 0.225. The molecule has 1 amide bonds. The summed E-state index contributed by atoms with van der Waals surface area (Å²) in [5.41, 5.74) is 1.01. The Labute approximate surface area is 169 Å². The molecule has 2 N–H and O–H groups in total. The van der Waals surface area contributed by atoms with Crippen LogP contribution in [-0.2, 0) is 16.1 Å². The highest BCUT2D eigenvalue weighted by molar-refractivity contribution is 7.09. The predicted molar refractivity (Wildman–Crippen MR) is 100 cm³/mol. The van der Waals surface area contributed by atoms with Crippen LogP contribution in [0.15, 0.2) is 41.9 Å². The van der Waals surface area contributed by atoms with Gasteiger partial charge in [-0.15, -0.1) is 11.3 Å². The standard InChI is InChI=1S/C17H19N3OS.C2HF3O2/c21-16-17(6-7-19-16)12-20(11-15-18-8-9-22-15)10-14(17)13-4-2-1-3-5-13;3-2(4,5)1(6)7/h1-5,8-9,14H,6-7,10-12H2,(H,19,21);(H,6,7)/t14-,17+;/m0./s1. The number of nitrogens with one attached hydrogen (secondary N) is 1. The summed E-state index contributed by atoms with van der Waals surface area (Å²) in [4.78, 5) is 28.3. The molecule has 10 heteroatoms. The van der Waals surface area contributed by atoms with Crippen molar-refractivity contribution in [3.05, 3.63) is 52.5 Å². The number of carboxylic acid groups (broad SMARTS) is 1. The van der Waals surface area contributed by atoms with E-state index in [4.69, 9.17) is 9.90 Å². The first-order chi connectivity index (χ1) is 13.7. The zero-order chi connectivity index (χ0) is 21.1. The first-order valence-corrected chi connectivity index (χ1v) is 9.84. The average Bonchev–Trinajstić information content (AvgIpc) is 3.39. The van der Waals surface area contributed by atoms with Crippen LogP contribution in [0.5, 0.6) is 0 Å². The van der Waals surface area contributed by atoms with Crippen LogP contribution in [0, 0.1) is 5.41 Å². The molecule has 2 atom stereocenters. The van der Waals surface area contributed by atoms with Gasteiger partial charge in [-0.2, -0.15) is 13.2 Å². The number of amides is 1. The number of benzene rings is 1. The molecular formula is C19H20F3N3O3S. The molecule has 2 aromatic rings. The van der Waals surface area contributed by atoms with Crippen LogP contribution in [0.25, 0.3) is 0 Å². The third kappa shape index (κ3) is 4.76. The van der Waals surface area contributed by atoms with Crippen LogP contribution in [0.1, 0.15) is 22.9 Å². The molecule has 4 rings (SSSR count). The van der Waals surface area contributed by atoms with E-state index in [1.165, 1.54) is 5.56 Å². The maximum Gasteiger partial charge on any atom is 0.490 e. The molecular weight excluding hydrogens is 407 g/mol. The van der Waals surface area contributed by atoms with Gasteiger partial charge in [-0.25, -0.2) is 9.78 Å². The predicted octanol–water partition coefficient (Wildman–Crippen LogP) is 2.88. The summed E-state index contributed by atoms with van der Waals surface area (Å²) in [7, 11) is 0. The molecule has 6 nitrogen and oxygen atoms in total. The number of likely N-dealkylation sites (tertiary alicyclic amines) is 1. The van der Waals surface area contributed by atoms with Crippen LogP contribution in [-0.4, -0.2) is 52.7 Å². The second-order valence-corrected chi connectivity index (χ2v) is 8.00. The Morgan fingerprint density at radius 3 is 2.55 bits per heavy atom. The molecule has 0 unspecified atom stereocenters. The zero-order valence-corrected chi connectivity index (χ0v) is 16.2. The third-order valence-corrected chi connectivity index (χ3v) is 5.97. The van der Waals surface area contributed by atoms with E-state index in [1.807, 2.05) is 17.6 Å². The SMILES string of the molecule is O=C(O)C(F)(F)F.O=C1NCC[C@]12CN(Cc1nccs1)C[C@H]2c1ccccc1. The van der Waals surface area contributed by atoms with Gasteiger partial charge in [0.2, 0.25) is 5.91 Å². The van der Waals surface area contributed by atoms with Gasteiger partial charge in [0.25, 0.3) is 0 Å². The van der Waals surface area contributed by atoms with E-state index in [0.29, 0.717) is 0 Å². The van der Waals surface area contributed by atoms with Crippen LogP contribution in [0.3, 0.4) is 0 Å². The van der Waals surface area contributed by atoms with Gasteiger partial charge in [-0.05, 0) is 12.0 Å². The number of halogens is 3. The molecule has 0 aliphatic carbocycles. The molecule has 2 fully saturated rings. The summed E-state index contributed by atoms with van der Waals surface area (Å²) < 4.78 is 31.7. The van der Waals surface area contributed by atoms with E-state index >= 15 is 0 Å². The summed E-state index contributed by atoms with van der Waals surface area (Å²) in [6.07, 6.45) is -2.30. The highest BCUT2D eigenvalue weighted by Crippen LogP contribution is 2.47. The van der Waals surface area contributed by atoms with Gasteiger partial charge in [0.1, 0.15) is 5.01 Å². The highest BCUT2D eigenvalue weighted by Gasteiger charge is 2.54. The van der Waals surface area contributed by atoms with E-state index in [0.717, 1.165) is 37.6 Å². The van der Waals surface area contributed by atoms with Crippen molar-refractivity contribution in [1.29, 1.82) is 0 Å². The molecule has 1 aromatic carbocycles. The van der Waals surface area contributed by atoms with Crippen molar-refractivity contribution < 1.29 is 27.9 Å². The van der Waals surface area contributed by atoms with Crippen molar-refractivity contribution in [2.24, 2.45) is 5.41 Å².